The lowest BCUT2D eigenvalue weighted by molar-refractivity contribution is 0.121. The van der Waals surface area contributed by atoms with Crippen LogP contribution in [0.2, 0.25) is 0 Å². The Morgan fingerprint density at radius 3 is 2.47 bits per heavy atom. The van der Waals surface area contributed by atoms with E-state index in [4.69, 9.17) is 0 Å². The molecule has 2 N–H and O–H groups in total. The van der Waals surface area contributed by atoms with Crippen molar-refractivity contribution in [2.75, 3.05) is 19.6 Å². The third-order valence-electron chi connectivity index (χ3n) is 3.93. The molecule has 1 saturated heterocycles. The predicted molar refractivity (Wildman–Crippen MR) is 79.0 cm³/mol. The van der Waals surface area contributed by atoms with Crippen molar-refractivity contribution in [3.8, 4) is 0 Å². The summed E-state index contributed by atoms with van der Waals surface area (Å²) in [6.07, 6.45) is -0.206. The van der Waals surface area contributed by atoms with Gasteiger partial charge in [0.1, 0.15) is 0 Å². The van der Waals surface area contributed by atoms with Crippen molar-refractivity contribution >= 4 is 0 Å². The van der Waals surface area contributed by atoms with Crippen molar-refractivity contribution in [1.82, 2.24) is 10.2 Å². The Morgan fingerprint density at radius 2 is 1.89 bits per heavy atom. The Morgan fingerprint density at radius 1 is 1.21 bits per heavy atom. The molecule has 2 rings (SSSR count). The number of benzene rings is 1. The second-order valence-electron chi connectivity index (χ2n) is 6.52. The number of hydrogen-bond acceptors (Lipinski definition) is 3. The first-order valence-electron chi connectivity index (χ1n) is 7.14. The fourth-order valence-corrected chi connectivity index (χ4v) is 2.60. The van der Waals surface area contributed by atoms with Crippen LogP contribution in [-0.4, -0.2) is 41.3 Å². The van der Waals surface area contributed by atoms with Crippen LogP contribution in [0.4, 0.5) is 0 Å². The maximum Gasteiger partial charge on any atom is 0.0719 e. The van der Waals surface area contributed by atoms with E-state index in [1.54, 1.807) is 0 Å². The minimum absolute atomic E-state index is 0.148. The third kappa shape index (κ3) is 4.03. The summed E-state index contributed by atoms with van der Waals surface area (Å²) in [4.78, 5) is 2.37. The van der Waals surface area contributed by atoms with Gasteiger partial charge in [-0.05, 0) is 26.3 Å². The molecule has 3 heteroatoms. The first kappa shape index (κ1) is 14.5. The van der Waals surface area contributed by atoms with Gasteiger partial charge in [-0.3, -0.25) is 4.90 Å². The van der Waals surface area contributed by atoms with Crippen LogP contribution in [0, 0.1) is 5.92 Å². The molecule has 1 aromatic rings. The first-order chi connectivity index (χ1) is 8.97. The molecule has 0 unspecified atom stereocenters. The standard InChI is InChI=1S/C16H26N2O/c1-16(2,3)18-11-14(15(19)12-18)10-17-9-13-7-5-4-6-8-13/h4-8,14-15,17,19H,9-12H2,1-3H3/t14-,15+/m0/s1. The van der Waals surface area contributed by atoms with Gasteiger partial charge in [-0.25, -0.2) is 0 Å². The predicted octanol–water partition coefficient (Wildman–Crippen LogP) is 1.87. The lowest BCUT2D eigenvalue weighted by Crippen LogP contribution is -2.40. The second-order valence-corrected chi connectivity index (χ2v) is 6.52. The molecule has 2 atom stereocenters. The number of hydrogen-bond donors (Lipinski definition) is 2. The third-order valence-corrected chi connectivity index (χ3v) is 3.93. The molecular weight excluding hydrogens is 236 g/mol. The molecule has 19 heavy (non-hydrogen) atoms. The summed E-state index contributed by atoms with van der Waals surface area (Å²) in [5.74, 6) is 0.336. The number of aliphatic hydroxyl groups is 1. The molecule has 0 aliphatic carbocycles. The van der Waals surface area contributed by atoms with E-state index in [0.717, 1.165) is 26.2 Å². The summed E-state index contributed by atoms with van der Waals surface area (Å²) in [6.45, 7) is 10.1. The van der Waals surface area contributed by atoms with Crippen molar-refractivity contribution in [3.63, 3.8) is 0 Å². The maximum atomic E-state index is 10.1. The fourth-order valence-electron chi connectivity index (χ4n) is 2.60. The number of likely N-dealkylation sites (tertiary alicyclic amines) is 1. The summed E-state index contributed by atoms with van der Waals surface area (Å²) in [5, 5.41) is 13.6. The van der Waals surface area contributed by atoms with Gasteiger partial charge in [-0.2, -0.15) is 0 Å². The Bertz CT molecular complexity index is 385. The lowest BCUT2D eigenvalue weighted by Gasteiger charge is -2.31. The van der Waals surface area contributed by atoms with Gasteiger partial charge in [-0.1, -0.05) is 30.3 Å². The number of rotatable bonds is 4. The average Bonchev–Trinajstić information content (AvgIpc) is 2.72. The minimum Gasteiger partial charge on any atom is -0.391 e. The zero-order valence-electron chi connectivity index (χ0n) is 12.3. The molecule has 0 radical (unpaired) electrons. The van der Waals surface area contributed by atoms with Gasteiger partial charge in [0, 0.05) is 37.6 Å². The summed E-state index contributed by atoms with van der Waals surface area (Å²) >= 11 is 0. The number of β-amino-alcohol motifs (C(OH)–C–C–N with tert-alkyl or cyclic N) is 1. The zero-order chi connectivity index (χ0) is 13.9. The monoisotopic (exact) mass is 262 g/mol. The van der Waals surface area contributed by atoms with E-state index in [0.29, 0.717) is 5.92 Å². The van der Waals surface area contributed by atoms with Crippen LogP contribution in [0.15, 0.2) is 30.3 Å². The minimum atomic E-state index is -0.206. The van der Waals surface area contributed by atoms with Gasteiger partial charge < -0.3 is 10.4 Å². The van der Waals surface area contributed by atoms with Gasteiger partial charge >= 0.3 is 0 Å². The number of nitrogens with one attached hydrogen (secondary N) is 1. The van der Waals surface area contributed by atoms with Crippen LogP contribution in [0.1, 0.15) is 26.3 Å². The van der Waals surface area contributed by atoms with Crippen molar-refractivity contribution < 1.29 is 5.11 Å². The molecule has 1 fully saturated rings. The van der Waals surface area contributed by atoms with Crippen LogP contribution in [0.3, 0.4) is 0 Å². The SMILES string of the molecule is CC(C)(C)N1C[C@H](CNCc2ccccc2)[C@H](O)C1. The van der Waals surface area contributed by atoms with Crippen LogP contribution >= 0.6 is 0 Å². The van der Waals surface area contributed by atoms with Crippen molar-refractivity contribution in [2.24, 2.45) is 5.92 Å². The van der Waals surface area contributed by atoms with Crippen LogP contribution in [0.25, 0.3) is 0 Å². The largest absolute Gasteiger partial charge is 0.391 e. The topological polar surface area (TPSA) is 35.5 Å². The number of aliphatic hydroxyl groups excluding tert-OH is 1. The van der Waals surface area contributed by atoms with E-state index in [-0.39, 0.29) is 11.6 Å². The van der Waals surface area contributed by atoms with Crippen molar-refractivity contribution in [3.05, 3.63) is 35.9 Å². The first-order valence-corrected chi connectivity index (χ1v) is 7.14. The molecule has 1 heterocycles. The molecule has 106 valence electrons. The highest BCUT2D eigenvalue weighted by molar-refractivity contribution is 5.14. The molecule has 1 aliphatic heterocycles. The van der Waals surface area contributed by atoms with E-state index in [1.165, 1.54) is 5.56 Å². The Balaban J connectivity index is 1.78. The summed E-state index contributed by atoms with van der Waals surface area (Å²) in [6, 6.07) is 10.4. The van der Waals surface area contributed by atoms with Crippen molar-refractivity contribution in [2.45, 2.75) is 39.0 Å². The molecule has 0 saturated carbocycles. The van der Waals surface area contributed by atoms with E-state index in [1.807, 2.05) is 6.07 Å². The van der Waals surface area contributed by atoms with E-state index < -0.39 is 0 Å². The molecule has 1 aliphatic rings. The van der Waals surface area contributed by atoms with Crippen molar-refractivity contribution in [1.29, 1.82) is 0 Å². The highest BCUT2D eigenvalue weighted by atomic mass is 16.3. The smallest absolute Gasteiger partial charge is 0.0719 e. The second kappa shape index (κ2) is 6.04. The van der Waals surface area contributed by atoms with Crippen LogP contribution in [0.5, 0.6) is 0 Å². The molecule has 0 amide bonds. The molecular formula is C16H26N2O. The van der Waals surface area contributed by atoms with E-state index in [9.17, 15) is 5.11 Å². The Labute approximate surface area is 116 Å². The highest BCUT2D eigenvalue weighted by Gasteiger charge is 2.36. The zero-order valence-corrected chi connectivity index (χ0v) is 12.3. The van der Waals surface area contributed by atoms with Crippen LogP contribution in [-0.2, 0) is 6.54 Å². The molecule has 0 bridgehead atoms. The fraction of sp³-hybridized carbons (Fsp3) is 0.625. The normalized spacial score (nSPS) is 24.8. The molecule has 0 spiro atoms. The summed E-state index contributed by atoms with van der Waals surface area (Å²) < 4.78 is 0. The summed E-state index contributed by atoms with van der Waals surface area (Å²) in [5.41, 5.74) is 1.44. The van der Waals surface area contributed by atoms with E-state index >= 15 is 0 Å². The lowest BCUT2D eigenvalue weighted by atomic mass is 10.1. The van der Waals surface area contributed by atoms with Gasteiger partial charge in [0.05, 0.1) is 6.10 Å². The molecule has 3 nitrogen and oxygen atoms in total. The maximum absolute atomic E-state index is 10.1. The average molecular weight is 262 g/mol. The van der Waals surface area contributed by atoms with Gasteiger partial charge in [0.2, 0.25) is 0 Å². The quantitative estimate of drug-likeness (QED) is 0.869. The highest BCUT2D eigenvalue weighted by Crippen LogP contribution is 2.24. The molecule has 0 aromatic heterocycles. The Hall–Kier alpha value is -0.900. The van der Waals surface area contributed by atoms with Gasteiger partial charge in [0.25, 0.3) is 0 Å². The molecule has 1 aromatic carbocycles. The van der Waals surface area contributed by atoms with Gasteiger partial charge in [-0.15, -0.1) is 0 Å². The number of nitrogens with zero attached hydrogens (tertiary/aromatic N) is 1. The Kier molecular flexibility index (Phi) is 4.61. The van der Waals surface area contributed by atoms with Crippen LogP contribution < -0.4 is 5.32 Å². The van der Waals surface area contributed by atoms with E-state index in [2.05, 4.69) is 55.3 Å². The summed E-state index contributed by atoms with van der Waals surface area (Å²) in [7, 11) is 0. The van der Waals surface area contributed by atoms with Gasteiger partial charge in [0.15, 0.2) is 0 Å².